The minimum absolute atomic E-state index is 0.132. The van der Waals surface area contributed by atoms with Gasteiger partial charge in [-0.15, -0.1) is 0 Å². The summed E-state index contributed by atoms with van der Waals surface area (Å²) in [7, 11) is 0. The van der Waals surface area contributed by atoms with Crippen molar-refractivity contribution >= 4 is 0 Å². The van der Waals surface area contributed by atoms with Crippen molar-refractivity contribution in [3.63, 3.8) is 0 Å². The van der Waals surface area contributed by atoms with Crippen molar-refractivity contribution in [2.75, 3.05) is 0 Å². The Balaban J connectivity index is 3.44. The average molecular weight is 168 g/mol. The van der Waals surface area contributed by atoms with Crippen LogP contribution < -0.4 is 0 Å². The Morgan fingerprint density at radius 2 is 0.909 bits per heavy atom. The summed E-state index contributed by atoms with van der Waals surface area (Å²) < 4.78 is 0. The molecule has 11 heavy (non-hydrogen) atoms. The van der Waals surface area contributed by atoms with Crippen LogP contribution in [0, 0.1) is 0 Å². The van der Waals surface area contributed by atoms with Gasteiger partial charge >= 0.3 is 0 Å². The van der Waals surface area contributed by atoms with Gasteiger partial charge in [0.05, 0.1) is 0 Å². The van der Waals surface area contributed by atoms with Gasteiger partial charge in [-0.3, -0.25) is 0 Å². The zero-order chi connectivity index (χ0) is 9.12. The number of rotatable bonds is 4. The van der Waals surface area contributed by atoms with E-state index in [1.165, 1.54) is 0 Å². The Labute approximate surface area is 63.0 Å². The highest BCUT2D eigenvalue weighted by molar-refractivity contribution is 4.52. The minimum atomic E-state index is -2.81. The van der Waals surface area contributed by atoms with Gasteiger partial charge in [0.2, 0.25) is 0 Å². The maximum atomic E-state index is 8.28. The van der Waals surface area contributed by atoms with E-state index in [1.807, 2.05) is 0 Å². The van der Waals surface area contributed by atoms with E-state index in [0.717, 1.165) is 0 Å². The fourth-order valence-electron chi connectivity index (χ4n) is 0.563. The van der Waals surface area contributed by atoms with Crippen molar-refractivity contribution in [3.05, 3.63) is 0 Å². The van der Waals surface area contributed by atoms with Gasteiger partial charge in [-0.25, -0.2) is 0 Å². The summed E-state index contributed by atoms with van der Waals surface area (Å²) in [6.07, 6.45) is -1.06. The first-order valence-electron chi connectivity index (χ1n) is 3.05. The lowest BCUT2D eigenvalue weighted by molar-refractivity contribution is -0.330. The second kappa shape index (κ2) is 3.44. The Hall–Kier alpha value is -0.240. The average Bonchev–Trinajstić information content (AvgIpc) is 1.55. The molecule has 0 aromatic carbocycles. The predicted octanol–water partition coefficient (Wildman–Crippen LogP) is -2.58. The monoisotopic (exact) mass is 168 g/mol. The topological polar surface area (TPSA) is 121 Å². The van der Waals surface area contributed by atoms with Crippen LogP contribution in [0.3, 0.4) is 0 Å². The van der Waals surface area contributed by atoms with Crippen molar-refractivity contribution in [1.29, 1.82) is 0 Å². The van der Waals surface area contributed by atoms with Crippen molar-refractivity contribution < 1.29 is 30.6 Å². The van der Waals surface area contributed by atoms with Crippen LogP contribution in [-0.4, -0.2) is 42.6 Å². The van der Waals surface area contributed by atoms with Crippen LogP contribution in [0.2, 0.25) is 0 Å². The smallest absolute Gasteiger partial charge is 0.275 e. The predicted molar refractivity (Wildman–Crippen MR) is 32.6 cm³/mol. The van der Waals surface area contributed by atoms with Gasteiger partial charge in [-0.05, 0) is 6.42 Å². The van der Waals surface area contributed by atoms with Crippen LogP contribution in [0.15, 0.2) is 0 Å². The number of hydrogen-bond donors (Lipinski definition) is 6. The van der Waals surface area contributed by atoms with Crippen LogP contribution in [0.4, 0.5) is 0 Å². The van der Waals surface area contributed by atoms with Crippen molar-refractivity contribution in [3.8, 4) is 0 Å². The molecule has 0 saturated carbocycles. The third-order valence-corrected chi connectivity index (χ3v) is 1.02. The fourth-order valence-corrected chi connectivity index (χ4v) is 0.563. The van der Waals surface area contributed by atoms with Gasteiger partial charge in [-0.1, -0.05) is 0 Å². The summed E-state index contributed by atoms with van der Waals surface area (Å²) in [6.45, 7) is 0. The maximum absolute atomic E-state index is 8.28. The van der Waals surface area contributed by atoms with E-state index in [0.29, 0.717) is 0 Å². The molecule has 0 aliphatic carbocycles. The highest BCUT2D eigenvalue weighted by Crippen LogP contribution is 2.11. The molecule has 0 aromatic heterocycles. The van der Waals surface area contributed by atoms with Crippen molar-refractivity contribution in [1.82, 2.24) is 0 Å². The molecule has 6 nitrogen and oxygen atoms in total. The summed E-state index contributed by atoms with van der Waals surface area (Å²) in [4.78, 5) is 0. The first-order chi connectivity index (χ1) is 4.71. The largest absolute Gasteiger partial charge is 0.344 e. The highest BCUT2D eigenvalue weighted by Gasteiger charge is 2.22. The zero-order valence-corrected chi connectivity index (χ0v) is 5.80. The molecule has 0 aliphatic rings. The molecule has 68 valence electrons. The number of aliphatic hydroxyl groups is 6. The lowest BCUT2D eigenvalue weighted by atomic mass is 10.2. The van der Waals surface area contributed by atoms with Crippen molar-refractivity contribution in [2.24, 2.45) is 0 Å². The second-order valence-electron chi connectivity index (χ2n) is 2.40. The SMILES string of the molecule is OC(O)(O)CCCC(O)(O)O. The molecular formula is C5H12O6. The normalized spacial score (nSPS) is 13.6. The maximum Gasteiger partial charge on any atom is 0.275 e. The summed E-state index contributed by atoms with van der Waals surface area (Å²) >= 11 is 0. The fraction of sp³-hybridized carbons (Fsp3) is 1.00. The molecule has 0 atom stereocenters. The Morgan fingerprint density at radius 3 is 1.09 bits per heavy atom. The Morgan fingerprint density at radius 1 is 0.636 bits per heavy atom. The third-order valence-electron chi connectivity index (χ3n) is 1.02. The summed E-state index contributed by atoms with van der Waals surface area (Å²) in [6, 6.07) is 0. The van der Waals surface area contributed by atoms with Gasteiger partial charge in [0.15, 0.2) is 0 Å². The van der Waals surface area contributed by atoms with E-state index < -0.39 is 24.8 Å². The van der Waals surface area contributed by atoms with Gasteiger partial charge in [-0.2, -0.15) is 0 Å². The summed E-state index contributed by atoms with van der Waals surface area (Å²) in [5.74, 6) is -5.63. The van der Waals surface area contributed by atoms with Gasteiger partial charge in [0, 0.05) is 12.8 Å². The molecule has 0 bridgehead atoms. The molecule has 0 amide bonds. The molecule has 0 fully saturated rings. The van der Waals surface area contributed by atoms with E-state index >= 15 is 0 Å². The Bertz CT molecular complexity index is 95.1. The quantitative estimate of drug-likeness (QED) is 0.256. The van der Waals surface area contributed by atoms with Gasteiger partial charge in [0.1, 0.15) is 0 Å². The van der Waals surface area contributed by atoms with E-state index in [1.54, 1.807) is 0 Å². The van der Waals surface area contributed by atoms with E-state index in [-0.39, 0.29) is 6.42 Å². The van der Waals surface area contributed by atoms with Crippen LogP contribution >= 0.6 is 0 Å². The first-order valence-corrected chi connectivity index (χ1v) is 3.05. The van der Waals surface area contributed by atoms with Gasteiger partial charge < -0.3 is 30.6 Å². The molecule has 0 spiro atoms. The molecule has 0 saturated heterocycles. The lowest BCUT2D eigenvalue weighted by Gasteiger charge is -2.16. The van der Waals surface area contributed by atoms with E-state index in [9.17, 15) is 0 Å². The van der Waals surface area contributed by atoms with Crippen LogP contribution in [0.5, 0.6) is 0 Å². The zero-order valence-electron chi connectivity index (χ0n) is 5.80. The van der Waals surface area contributed by atoms with E-state index in [4.69, 9.17) is 30.6 Å². The van der Waals surface area contributed by atoms with Crippen LogP contribution in [0.1, 0.15) is 19.3 Å². The second-order valence-corrected chi connectivity index (χ2v) is 2.40. The summed E-state index contributed by atoms with van der Waals surface area (Å²) in [5.41, 5.74) is 0. The van der Waals surface area contributed by atoms with Gasteiger partial charge in [0.25, 0.3) is 11.9 Å². The Kier molecular flexibility index (Phi) is 3.36. The lowest BCUT2D eigenvalue weighted by Crippen LogP contribution is -2.30. The molecule has 0 unspecified atom stereocenters. The molecular weight excluding hydrogens is 156 g/mol. The standard InChI is InChI=1S/C5H12O6/c6-4(7,8)2-1-3-5(9,10)11/h6-11H,1-3H2. The van der Waals surface area contributed by atoms with Crippen LogP contribution in [-0.2, 0) is 0 Å². The first kappa shape index (κ1) is 10.8. The minimum Gasteiger partial charge on any atom is -0.344 e. The van der Waals surface area contributed by atoms with Crippen LogP contribution in [0.25, 0.3) is 0 Å². The molecule has 6 heteroatoms. The highest BCUT2D eigenvalue weighted by atomic mass is 16.7. The summed E-state index contributed by atoms with van der Waals surface area (Å²) in [5, 5.41) is 49.7. The molecule has 0 radical (unpaired) electrons. The molecule has 0 heterocycles. The molecule has 0 rings (SSSR count). The van der Waals surface area contributed by atoms with E-state index in [2.05, 4.69) is 0 Å². The van der Waals surface area contributed by atoms with Crippen molar-refractivity contribution in [2.45, 2.75) is 31.2 Å². The molecule has 6 N–H and O–H groups in total. The third kappa shape index (κ3) is 9.76. The number of hydrogen-bond acceptors (Lipinski definition) is 6. The molecule has 0 aromatic rings. The molecule has 0 aliphatic heterocycles.